The highest BCUT2D eigenvalue weighted by molar-refractivity contribution is 14.1. The smallest absolute Gasteiger partial charge is 0.137 e. The van der Waals surface area contributed by atoms with Crippen LogP contribution in [0.5, 0.6) is 0 Å². The monoisotopic (exact) mass is 315 g/mol. The Hall–Kier alpha value is -0.710. The van der Waals surface area contributed by atoms with Crippen LogP contribution in [0.1, 0.15) is 25.3 Å². The molecule has 0 aliphatic rings. The molecule has 0 saturated carbocycles. The molecule has 1 nitrogen and oxygen atoms in total. The fraction of sp³-hybridized carbons (Fsp3) is 0.250. The largest absolute Gasteiger partial charge is 0.256 e. The highest BCUT2D eigenvalue weighted by Crippen LogP contribution is 2.25. The summed E-state index contributed by atoms with van der Waals surface area (Å²) >= 11 is 2.18. The maximum atomic E-state index is 14.1. The highest BCUT2D eigenvalue weighted by atomic mass is 127. The first-order valence-corrected chi connectivity index (χ1v) is 5.91. The molecule has 0 radical (unpaired) electrons. The normalized spacial score (nSPS) is 11.3. The molecule has 0 spiro atoms. The molecule has 1 aromatic heterocycles. The van der Waals surface area contributed by atoms with E-state index in [0.29, 0.717) is 10.9 Å². The molecule has 0 bridgehead atoms. The molecule has 3 heteroatoms. The van der Waals surface area contributed by atoms with Gasteiger partial charge in [0, 0.05) is 20.7 Å². The summed E-state index contributed by atoms with van der Waals surface area (Å²) in [6.07, 6.45) is 1.63. The lowest BCUT2D eigenvalue weighted by molar-refractivity contribution is 0.607. The molecule has 0 fully saturated rings. The van der Waals surface area contributed by atoms with Crippen molar-refractivity contribution >= 4 is 33.5 Å². The Morgan fingerprint density at radius 2 is 2.07 bits per heavy atom. The van der Waals surface area contributed by atoms with Gasteiger partial charge in [-0.15, -0.1) is 0 Å². The quantitative estimate of drug-likeness (QED) is 0.722. The number of aromatic nitrogens is 1. The van der Waals surface area contributed by atoms with Crippen molar-refractivity contribution in [1.29, 1.82) is 0 Å². The van der Waals surface area contributed by atoms with E-state index in [1.807, 2.05) is 32.0 Å². The van der Waals surface area contributed by atoms with Gasteiger partial charge in [-0.05, 0) is 46.7 Å². The van der Waals surface area contributed by atoms with E-state index in [9.17, 15) is 4.39 Å². The Balaban J connectivity index is 2.77. The molecule has 1 aromatic carbocycles. The van der Waals surface area contributed by atoms with Gasteiger partial charge in [-0.2, -0.15) is 0 Å². The lowest BCUT2D eigenvalue weighted by Gasteiger charge is -2.08. The summed E-state index contributed by atoms with van der Waals surface area (Å²) in [5.41, 5.74) is 1.40. The standard InChI is InChI=1S/C12H11FIN/c1-7(2)10-6-15-11-4-3-8(14)5-9(11)12(10)13/h3-7H,1-2H3. The average molecular weight is 315 g/mol. The summed E-state index contributed by atoms with van der Waals surface area (Å²) in [4.78, 5) is 4.26. The number of rotatable bonds is 1. The molecule has 0 amide bonds. The predicted molar refractivity (Wildman–Crippen MR) is 68.5 cm³/mol. The SMILES string of the molecule is CC(C)c1cnc2ccc(I)cc2c1F. The summed E-state index contributed by atoms with van der Waals surface area (Å²) in [7, 11) is 0. The summed E-state index contributed by atoms with van der Waals surface area (Å²) in [5.74, 6) is 0.0354. The number of hydrogen-bond acceptors (Lipinski definition) is 1. The van der Waals surface area contributed by atoms with E-state index in [1.54, 1.807) is 6.20 Å². The third-order valence-corrected chi connectivity index (χ3v) is 3.08. The van der Waals surface area contributed by atoms with Crippen molar-refractivity contribution in [1.82, 2.24) is 4.98 Å². The minimum atomic E-state index is -0.131. The molecular weight excluding hydrogens is 304 g/mol. The van der Waals surface area contributed by atoms with Crippen molar-refractivity contribution in [3.8, 4) is 0 Å². The van der Waals surface area contributed by atoms with E-state index in [-0.39, 0.29) is 11.7 Å². The molecule has 0 N–H and O–H groups in total. The molecule has 0 aliphatic heterocycles. The zero-order valence-electron chi connectivity index (χ0n) is 8.59. The molecule has 1 heterocycles. The van der Waals surface area contributed by atoms with E-state index >= 15 is 0 Å². The molecular formula is C12H11FIN. The molecule has 15 heavy (non-hydrogen) atoms. The van der Waals surface area contributed by atoms with E-state index in [1.165, 1.54) is 0 Å². The first-order valence-electron chi connectivity index (χ1n) is 4.83. The summed E-state index contributed by atoms with van der Waals surface area (Å²) in [6.45, 7) is 3.94. The highest BCUT2D eigenvalue weighted by Gasteiger charge is 2.11. The van der Waals surface area contributed by atoms with Gasteiger partial charge in [0.25, 0.3) is 0 Å². The Bertz CT molecular complexity index is 508. The van der Waals surface area contributed by atoms with Gasteiger partial charge in [-0.1, -0.05) is 13.8 Å². The van der Waals surface area contributed by atoms with Crippen LogP contribution < -0.4 is 0 Å². The van der Waals surface area contributed by atoms with Gasteiger partial charge in [0.15, 0.2) is 0 Å². The fourth-order valence-electron chi connectivity index (χ4n) is 1.55. The van der Waals surface area contributed by atoms with Crippen LogP contribution in [0.15, 0.2) is 24.4 Å². The van der Waals surface area contributed by atoms with Crippen LogP contribution in [0.25, 0.3) is 10.9 Å². The van der Waals surface area contributed by atoms with Gasteiger partial charge in [-0.25, -0.2) is 4.39 Å². The van der Waals surface area contributed by atoms with Crippen molar-refractivity contribution in [3.63, 3.8) is 0 Å². The van der Waals surface area contributed by atoms with Crippen LogP contribution in [0.4, 0.5) is 4.39 Å². The van der Waals surface area contributed by atoms with E-state index < -0.39 is 0 Å². The second-order valence-electron chi connectivity index (χ2n) is 3.84. The summed E-state index contributed by atoms with van der Waals surface area (Å²) < 4.78 is 15.1. The first-order chi connectivity index (χ1) is 7.09. The van der Waals surface area contributed by atoms with Crippen LogP contribution >= 0.6 is 22.6 Å². The van der Waals surface area contributed by atoms with Crippen molar-refractivity contribution < 1.29 is 4.39 Å². The molecule has 0 atom stereocenters. The molecule has 0 unspecified atom stereocenters. The predicted octanol–water partition coefficient (Wildman–Crippen LogP) is 4.10. The molecule has 2 aromatic rings. The van der Waals surface area contributed by atoms with Crippen LogP contribution in [0.2, 0.25) is 0 Å². The number of hydrogen-bond donors (Lipinski definition) is 0. The average Bonchev–Trinajstić information content (AvgIpc) is 2.19. The van der Waals surface area contributed by atoms with Crippen LogP contribution in [-0.4, -0.2) is 4.98 Å². The number of fused-ring (bicyclic) bond motifs is 1. The number of pyridine rings is 1. The van der Waals surface area contributed by atoms with Crippen molar-refractivity contribution in [2.75, 3.05) is 0 Å². The Kier molecular flexibility index (Phi) is 2.91. The molecule has 78 valence electrons. The Morgan fingerprint density at radius 3 is 2.73 bits per heavy atom. The minimum Gasteiger partial charge on any atom is -0.256 e. The number of nitrogens with zero attached hydrogens (tertiary/aromatic N) is 1. The third kappa shape index (κ3) is 1.97. The molecule has 0 saturated heterocycles. The van der Waals surface area contributed by atoms with Crippen molar-refractivity contribution in [2.45, 2.75) is 19.8 Å². The minimum absolute atomic E-state index is 0.131. The molecule has 2 rings (SSSR count). The van der Waals surface area contributed by atoms with E-state index in [4.69, 9.17) is 0 Å². The van der Waals surface area contributed by atoms with Crippen molar-refractivity contribution in [3.05, 3.63) is 39.3 Å². The van der Waals surface area contributed by atoms with Crippen LogP contribution in [-0.2, 0) is 0 Å². The number of halogens is 2. The third-order valence-electron chi connectivity index (χ3n) is 2.41. The van der Waals surface area contributed by atoms with Gasteiger partial charge in [0.1, 0.15) is 5.82 Å². The van der Waals surface area contributed by atoms with Crippen LogP contribution in [0.3, 0.4) is 0 Å². The van der Waals surface area contributed by atoms with E-state index in [0.717, 1.165) is 9.09 Å². The maximum absolute atomic E-state index is 14.1. The number of benzene rings is 1. The van der Waals surface area contributed by atoms with Gasteiger partial charge < -0.3 is 0 Å². The summed E-state index contributed by atoms with van der Waals surface area (Å²) in [6, 6.07) is 5.62. The zero-order valence-corrected chi connectivity index (χ0v) is 10.7. The van der Waals surface area contributed by atoms with Gasteiger partial charge in [0.05, 0.1) is 5.52 Å². The topological polar surface area (TPSA) is 12.9 Å². The van der Waals surface area contributed by atoms with Gasteiger partial charge in [0.2, 0.25) is 0 Å². The lowest BCUT2D eigenvalue weighted by Crippen LogP contribution is -1.96. The zero-order chi connectivity index (χ0) is 11.0. The van der Waals surface area contributed by atoms with Gasteiger partial charge >= 0.3 is 0 Å². The van der Waals surface area contributed by atoms with E-state index in [2.05, 4.69) is 27.6 Å². The first kappa shape index (κ1) is 10.8. The van der Waals surface area contributed by atoms with Crippen molar-refractivity contribution in [2.24, 2.45) is 0 Å². The maximum Gasteiger partial charge on any atom is 0.137 e. The fourth-order valence-corrected chi connectivity index (χ4v) is 2.04. The second-order valence-corrected chi connectivity index (χ2v) is 5.09. The Morgan fingerprint density at radius 1 is 1.33 bits per heavy atom. The lowest BCUT2D eigenvalue weighted by atomic mass is 10.0. The molecule has 0 aliphatic carbocycles. The van der Waals surface area contributed by atoms with Crippen LogP contribution in [0, 0.1) is 9.39 Å². The Labute approximate surface area is 102 Å². The van der Waals surface area contributed by atoms with Gasteiger partial charge in [-0.3, -0.25) is 4.98 Å². The second kappa shape index (κ2) is 4.04. The summed E-state index contributed by atoms with van der Waals surface area (Å²) in [5, 5.41) is 0.619.